The fraction of sp³-hybridized carbons (Fsp3) is 0.600. The molecule has 0 saturated carbocycles. The molecule has 2 fully saturated rings. The number of hydrogen-bond donors (Lipinski definition) is 6. The molecular weight excluding hydrogens is 512 g/mol. The van der Waals surface area contributed by atoms with E-state index in [4.69, 9.17) is 35.5 Å². The van der Waals surface area contributed by atoms with Crippen LogP contribution in [0.15, 0.2) is 34.1 Å². The number of aliphatic hydroxyl groups excluding tert-OH is 4. The van der Waals surface area contributed by atoms with Gasteiger partial charge in [-0.2, -0.15) is 9.97 Å². The zero-order valence-electron chi connectivity index (χ0n) is 20.4. The Morgan fingerprint density at radius 2 is 1.59 bits per heavy atom. The minimum Gasteiger partial charge on any atom is -0.394 e. The molecule has 16 nitrogen and oxygen atoms in total. The normalized spacial score (nSPS) is 33.3. The molecule has 8 atom stereocenters. The summed E-state index contributed by atoms with van der Waals surface area (Å²) in [5, 5.41) is 37.0. The van der Waals surface area contributed by atoms with Crippen LogP contribution in [-0.4, -0.2) is 114 Å². The van der Waals surface area contributed by atoms with Gasteiger partial charge in [-0.05, 0) is 12.1 Å². The average Bonchev–Trinajstić information content (AvgIpc) is 3.31. The van der Waals surface area contributed by atoms with Crippen LogP contribution in [-0.2, 0) is 24.3 Å². The summed E-state index contributed by atoms with van der Waals surface area (Å²) in [7, 11) is 3.16. The first-order valence-electron chi connectivity index (χ1n) is 11.2. The maximum Gasteiger partial charge on any atom is 0.351 e. The lowest BCUT2D eigenvalue weighted by molar-refractivity contribution is -0.0974. The molecule has 17 heteroatoms. The molecule has 37 heavy (non-hydrogen) atoms. The van der Waals surface area contributed by atoms with E-state index in [-0.39, 0.29) is 24.8 Å². The van der Waals surface area contributed by atoms with Gasteiger partial charge in [0.05, 0.1) is 23.5 Å². The molecule has 0 unspecified atom stereocenters. The van der Waals surface area contributed by atoms with E-state index in [1.165, 1.54) is 47.9 Å². The Morgan fingerprint density at radius 1 is 1.00 bits per heavy atom. The lowest BCUT2D eigenvalue weighted by Crippen LogP contribution is -2.51. The van der Waals surface area contributed by atoms with Crippen molar-refractivity contribution in [2.45, 2.75) is 48.2 Å². The van der Waals surface area contributed by atoms with Gasteiger partial charge in [-0.3, -0.25) is 9.13 Å². The molecule has 0 spiro atoms. The Labute approximate surface area is 213 Å². The number of methoxy groups -OCH3 is 2. The van der Waals surface area contributed by atoms with Gasteiger partial charge < -0.3 is 50.8 Å². The van der Waals surface area contributed by atoms with Gasteiger partial charge in [0, 0.05) is 26.6 Å². The lowest BCUT2D eigenvalue weighted by Gasteiger charge is -2.31. The topological polar surface area (TPSA) is 240 Å². The Balaban J connectivity index is 0.000000206. The van der Waals surface area contributed by atoms with Crippen molar-refractivity contribution in [1.29, 1.82) is 0 Å². The number of nitrogens with zero attached hydrogens (tertiary/aromatic N) is 4. The highest BCUT2D eigenvalue weighted by atomic mass is 28.1. The smallest absolute Gasteiger partial charge is 0.351 e. The Kier molecular flexibility index (Phi) is 9.16. The first kappa shape index (κ1) is 28.8. The number of nitrogen functional groups attached to an aromatic ring is 2. The molecule has 2 aromatic heterocycles. The number of hydrogen-bond acceptors (Lipinski definition) is 14. The fourth-order valence-corrected chi connectivity index (χ4v) is 5.59. The Hall–Kier alpha value is -2.74. The third-order valence-corrected chi connectivity index (χ3v) is 7.52. The van der Waals surface area contributed by atoms with Gasteiger partial charge in [0.15, 0.2) is 11.6 Å². The molecule has 2 aliphatic heterocycles. The SMILES string of the molecule is CO[C@@H]1[C@H](O)[C@@H](CO)O[C@@]1([SiH3])n1ccc(N)nc1=O.CO[C@@H]1[C@H](O)[C@@H](CO)O[C@H]1n1ccc(N)nc1=O. The monoisotopic (exact) mass is 544 g/mol. The second kappa shape index (κ2) is 11.8. The maximum absolute atomic E-state index is 11.9. The first-order chi connectivity index (χ1) is 17.5. The summed E-state index contributed by atoms with van der Waals surface area (Å²) < 4.78 is 23.8. The van der Waals surface area contributed by atoms with Gasteiger partial charge in [0.1, 0.15) is 48.3 Å². The fourth-order valence-electron chi connectivity index (χ4n) is 4.37. The highest BCUT2D eigenvalue weighted by Crippen LogP contribution is 2.34. The van der Waals surface area contributed by atoms with Crippen molar-refractivity contribution < 1.29 is 39.4 Å². The Bertz CT molecular complexity index is 1180. The molecule has 0 bridgehead atoms. The summed E-state index contributed by atoms with van der Waals surface area (Å²) in [4.78, 5) is 30.8. The molecule has 4 rings (SSSR count). The van der Waals surface area contributed by atoms with Crippen molar-refractivity contribution in [2.75, 3.05) is 38.9 Å². The molecule has 0 radical (unpaired) electrons. The highest BCUT2D eigenvalue weighted by Gasteiger charge is 2.53. The summed E-state index contributed by atoms with van der Waals surface area (Å²) in [6.45, 7) is -0.725. The summed E-state index contributed by atoms with van der Waals surface area (Å²) in [6, 6.07) is 2.91. The van der Waals surface area contributed by atoms with Gasteiger partial charge in [0.2, 0.25) is 0 Å². The molecular formula is C20H32N6O10Si. The van der Waals surface area contributed by atoms with Crippen LogP contribution >= 0.6 is 0 Å². The average molecular weight is 545 g/mol. The molecule has 2 saturated heterocycles. The highest BCUT2D eigenvalue weighted by molar-refractivity contribution is 6.13. The quantitative estimate of drug-likeness (QED) is 0.186. The van der Waals surface area contributed by atoms with Crippen molar-refractivity contribution in [2.24, 2.45) is 0 Å². The molecule has 4 heterocycles. The second-order valence-corrected chi connectivity index (χ2v) is 9.96. The number of aromatic nitrogens is 4. The number of aliphatic hydroxyl groups is 4. The zero-order chi connectivity index (χ0) is 27.5. The summed E-state index contributed by atoms with van der Waals surface area (Å²) in [5.41, 5.74) is 9.65. The van der Waals surface area contributed by atoms with E-state index in [9.17, 15) is 24.9 Å². The van der Waals surface area contributed by atoms with E-state index in [1.54, 1.807) is 0 Å². The van der Waals surface area contributed by atoms with Crippen LogP contribution in [0, 0.1) is 0 Å². The summed E-state index contributed by atoms with van der Waals surface area (Å²) in [6.07, 6.45) is -3.13. The predicted molar refractivity (Wildman–Crippen MR) is 130 cm³/mol. The Morgan fingerprint density at radius 3 is 2.11 bits per heavy atom. The number of rotatable bonds is 6. The van der Waals surface area contributed by atoms with Crippen LogP contribution in [0.2, 0.25) is 0 Å². The molecule has 0 amide bonds. The van der Waals surface area contributed by atoms with E-state index >= 15 is 0 Å². The minimum absolute atomic E-state index is 0.0995. The van der Waals surface area contributed by atoms with Crippen LogP contribution in [0.1, 0.15) is 6.23 Å². The lowest BCUT2D eigenvalue weighted by atomic mass is 10.1. The maximum atomic E-state index is 11.9. The number of nitrogens with two attached hydrogens (primary N) is 2. The third-order valence-electron chi connectivity index (χ3n) is 6.24. The zero-order valence-corrected chi connectivity index (χ0v) is 22.4. The molecule has 0 aromatic carbocycles. The van der Waals surface area contributed by atoms with Crippen molar-refractivity contribution in [1.82, 2.24) is 19.1 Å². The standard InChI is InChI=1S/C10H17N3O5Si.C10H15N3O5/c1-17-8-7(15)5(4-14)18-10(8,19)13-3-2-6(11)12-9(13)16;1-17-8-7(15)5(4-14)18-9(8)13-3-2-6(11)12-10(13)16/h2-3,5,7-8,14-15H,4H2,1,19H3,(H2,11,12,16);2-3,5,7-9,14-15H,4H2,1H3,(H2,11,12,16)/t5-,7-,8-,10+;5-,7-,8-,9-/m11/s1. The summed E-state index contributed by atoms with van der Waals surface area (Å²) in [5.74, 6) is 0.209. The molecule has 2 aromatic rings. The van der Waals surface area contributed by atoms with Gasteiger partial charge in [-0.25, -0.2) is 9.59 Å². The van der Waals surface area contributed by atoms with Gasteiger partial charge >= 0.3 is 11.4 Å². The van der Waals surface area contributed by atoms with Gasteiger partial charge in [-0.15, -0.1) is 0 Å². The van der Waals surface area contributed by atoms with Crippen molar-refractivity contribution in [3.8, 4) is 0 Å². The first-order valence-corrected chi connectivity index (χ1v) is 12.2. The number of anilines is 2. The van der Waals surface area contributed by atoms with Crippen LogP contribution in [0.3, 0.4) is 0 Å². The van der Waals surface area contributed by atoms with E-state index in [0.717, 1.165) is 0 Å². The van der Waals surface area contributed by atoms with Crippen molar-refractivity contribution >= 4 is 21.9 Å². The van der Waals surface area contributed by atoms with Crippen LogP contribution in [0.5, 0.6) is 0 Å². The van der Waals surface area contributed by atoms with E-state index in [0.29, 0.717) is 10.2 Å². The molecule has 0 aliphatic carbocycles. The molecule has 8 N–H and O–H groups in total. The summed E-state index contributed by atoms with van der Waals surface area (Å²) >= 11 is 0. The third kappa shape index (κ3) is 5.59. The largest absolute Gasteiger partial charge is 0.394 e. The molecule has 206 valence electrons. The van der Waals surface area contributed by atoms with E-state index in [2.05, 4.69) is 9.97 Å². The van der Waals surface area contributed by atoms with Crippen molar-refractivity contribution in [3.05, 3.63) is 45.5 Å². The van der Waals surface area contributed by atoms with Crippen LogP contribution in [0.25, 0.3) is 0 Å². The predicted octanol–water partition coefficient (Wildman–Crippen LogP) is -5.34. The van der Waals surface area contributed by atoms with Gasteiger partial charge in [0.25, 0.3) is 0 Å². The van der Waals surface area contributed by atoms with Crippen molar-refractivity contribution in [3.63, 3.8) is 0 Å². The number of ether oxygens (including phenoxy) is 4. The van der Waals surface area contributed by atoms with E-state index < -0.39 is 59.6 Å². The van der Waals surface area contributed by atoms with Crippen LogP contribution < -0.4 is 22.8 Å². The van der Waals surface area contributed by atoms with Crippen LogP contribution in [0.4, 0.5) is 11.6 Å². The van der Waals surface area contributed by atoms with Gasteiger partial charge in [-0.1, -0.05) is 0 Å². The molecule has 2 aliphatic rings. The minimum atomic E-state index is -1.13. The van der Waals surface area contributed by atoms with E-state index in [1.807, 2.05) is 0 Å². The second-order valence-electron chi connectivity index (χ2n) is 8.53.